The Morgan fingerprint density at radius 3 is 2.09 bits per heavy atom. The minimum Gasteiger partial charge on any atom is -0.456 e. The quantitative estimate of drug-likeness (QED) is 0.0641. The molecule has 5 N–H and O–H groups in total. The summed E-state index contributed by atoms with van der Waals surface area (Å²) in [5.41, 5.74) is 2.49. The topological polar surface area (TPSA) is 177 Å². The van der Waals surface area contributed by atoms with Crippen LogP contribution >= 0.6 is 15.9 Å². The van der Waals surface area contributed by atoms with Gasteiger partial charge >= 0.3 is 29.6 Å². The number of anilines is 2. The summed E-state index contributed by atoms with van der Waals surface area (Å²) in [6.07, 6.45) is 0. The van der Waals surface area contributed by atoms with Crippen molar-refractivity contribution in [2.75, 3.05) is 31.6 Å². The first-order valence-electron chi connectivity index (χ1n) is 12.8. The summed E-state index contributed by atoms with van der Waals surface area (Å²) in [4.78, 5) is -1.43. The van der Waals surface area contributed by atoms with Gasteiger partial charge in [-0.1, -0.05) is 28.1 Å². The molecule has 1 heterocycles. The van der Waals surface area contributed by atoms with E-state index >= 15 is 0 Å². The molecule has 0 spiro atoms. The monoisotopic (exact) mass is 712 g/mol. The van der Waals surface area contributed by atoms with Crippen molar-refractivity contribution < 1.29 is 70.1 Å². The first-order valence-corrected chi connectivity index (χ1v) is 16.5. The number of hydrogen-bond donors (Lipinski definition) is 5. The molecule has 15 heteroatoms. The van der Waals surface area contributed by atoms with Crippen LogP contribution < -0.4 is 44.8 Å². The van der Waals surface area contributed by atoms with Gasteiger partial charge in [0.15, 0.2) is 13.1 Å². The van der Waals surface area contributed by atoms with Crippen LogP contribution in [0.25, 0.3) is 33.4 Å². The molecule has 0 amide bonds. The van der Waals surface area contributed by atoms with E-state index in [1.807, 2.05) is 24.3 Å². The van der Waals surface area contributed by atoms with Gasteiger partial charge in [-0.25, -0.2) is 4.58 Å². The van der Waals surface area contributed by atoms with Crippen LogP contribution in [-0.2, 0) is 20.2 Å². The van der Waals surface area contributed by atoms with Crippen LogP contribution in [0.2, 0.25) is 0 Å². The number of aliphatic hydroxyl groups excluding tert-OH is 2. The van der Waals surface area contributed by atoms with Gasteiger partial charge in [-0.2, -0.15) is 16.8 Å². The van der Waals surface area contributed by atoms with Gasteiger partial charge in [-0.15, -0.1) is 0 Å². The molecule has 2 aliphatic rings. The molecule has 0 unspecified atom stereocenters. The van der Waals surface area contributed by atoms with E-state index < -0.39 is 30.0 Å². The fourth-order valence-corrected chi connectivity index (χ4v) is 6.58. The predicted octanol–water partition coefficient (Wildman–Crippen LogP) is 0.965. The zero-order valence-electron chi connectivity index (χ0n) is 23.3. The largest absolute Gasteiger partial charge is 1.00 e. The Hall–Kier alpha value is -2.63. The number of hydrogen-bond acceptors (Lipinski definition) is 8. The molecule has 0 fully saturated rings. The molecule has 3 aromatic rings. The number of nitrogens with zero attached hydrogens (tertiary/aromatic N) is 1. The van der Waals surface area contributed by atoms with Crippen molar-refractivity contribution in [1.82, 2.24) is 4.58 Å². The molecule has 0 atom stereocenters. The van der Waals surface area contributed by atoms with Gasteiger partial charge < -0.3 is 19.9 Å². The normalized spacial score (nSPS) is 11.8. The van der Waals surface area contributed by atoms with E-state index in [-0.39, 0.29) is 61.4 Å². The number of aliphatic hydroxyl groups is 2. The summed E-state index contributed by atoms with van der Waals surface area (Å²) < 4.78 is 77.3. The van der Waals surface area contributed by atoms with E-state index in [0.29, 0.717) is 45.0 Å². The van der Waals surface area contributed by atoms with Crippen LogP contribution in [0.5, 0.6) is 0 Å². The first kappa shape index (κ1) is 34.2. The molecule has 3 aromatic carbocycles. The number of rotatable bonds is 9. The van der Waals surface area contributed by atoms with E-state index in [2.05, 4.69) is 21.2 Å². The van der Waals surface area contributed by atoms with Crippen LogP contribution in [0, 0.1) is 0 Å². The van der Waals surface area contributed by atoms with Crippen molar-refractivity contribution in [3.63, 3.8) is 0 Å². The van der Waals surface area contributed by atoms with E-state index in [4.69, 9.17) is 4.42 Å². The van der Waals surface area contributed by atoms with Gasteiger partial charge in [-0.3, -0.25) is 9.11 Å². The summed E-state index contributed by atoms with van der Waals surface area (Å²) in [7, 11) is -9.76. The molecule has 0 aromatic heterocycles. The second-order valence-electron chi connectivity index (χ2n) is 9.55. The van der Waals surface area contributed by atoms with E-state index in [0.717, 1.165) is 16.2 Å². The fourth-order valence-electron chi connectivity index (χ4n) is 4.87. The Kier molecular flexibility index (Phi) is 10.7. The number of benzene rings is 4. The number of nitrogens with one attached hydrogen (secondary N) is 1. The Labute approximate surface area is 283 Å². The first-order chi connectivity index (χ1) is 20.4. The summed E-state index contributed by atoms with van der Waals surface area (Å²) in [5.74, 6) is 0.306. The summed E-state index contributed by atoms with van der Waals surface area (Å²) >= 11 is 3.44. The second-order valence-corrected chi connectivity index (χ2v) is 13.3. The van der Waals surface area contributed by atoms with Crippen LogP contribution in [-0.4, -0.2) is 62.5 Å². The Morgan fingerprint density at radius 2 is 1.45 bits per heavy atom. The van der Waals surface area contributed by atoms with Gasteiger partial charge in [0.1, 0.15) is 29.5 Å². The second kappa shape index (κ2) is 13.8. The van der Waals surface area contributed by atoms with E-state index in [9.17, 15) is 36.2 Å². The summed E-state index contributed by atoms with van der Waals surface area (Å²) in [6.45, 7) is 0.135. The van der Waals surface area contributed by atoms with E-state index in [1.165, 1.54) is 6.07 Å². The van der Waals surface area contributed by atoms with Crippen molar-refractivity contribution in [2.45, 2.75) is 9.79 Å². The molecule has 44 heavy (non-hydrogen) atoms. The van der Waals surface area contributed by atoms with Crippen LogP contribution in [0.3, 0.4) is 0 Å². The standard InChI is InChI=1S/C29H25BrN2O9S2.Na/c30-18-2-1-3-19(14-18)31-20-4-7-23-26(15-20)41-27-16-21(32(10-12-33)11-13-34)5-8-24(27)29(23)25-9-6-22(42(35,36)37)17-28(25)43(38,39)40;/h1-9,14-17,33-34H,10-13H2,(H2,35,36,37,38,39,40);/q;+1/p+1. The third-order valence-electron chi connectivity index (χ3n) is 6.72. The van der Waals surface area contributed by atoms with Gasteiger partial charge in [0.2, 0.25) is 5.36 Å². The molecular weight excluding hydrogens is 687 g/mol. The molecule has 1 aliphatic carbocycles. The summed E-state index contributed by atoms with van der Waals surface area (Å²) in [5, 5.41) is 23.4. The Balaban J connectivity index is 0.00000442. The van der Waals surface area contributed by atoms with Gasteiger partial charge in [0, 0.05) is 50.1 Å². The molecule has 0 radical (unpaired) electrons. The van der Waals surface area contributed by atoms with Crippen molar-refractivity contribution in [3.8, 4) is 22.5 Å². The predicted molar refractivity (Wildman–Crippen MR) is 165 cm³/mol. The summed E-state index contributed by atoms with van der Waals surface area (Å²) in [6, 6.07) is 20.7. The minimum atomic E-state index is -4.98. The Bertz CT molecular complexity index is 2110. The third-order valence-corrected chi connectivity index (χ3v) is 8.96. The van der Waals surface area contributed by atoms with Crippen LogP contribution in [0.15, 0.2) is 97.5 Å². The molecule has 224 valence electrons. The van der Waals surface area contributed by atoms with Crippen molar-refractivity contribution in [1.29, 1.82) is 0 Å². The third kappa shape index (κ3) is 7.42. The van der Waals surface area contributed by atoms with Crippen molar-refractivity contribution in [2.24, 2.45) is 0 Å². The molecular formula is C29H26BrN2NaO9S2+2. The molecule has 1 aliphatic heterocycles. The fraction of sp³-hybridized carbons (Fsp3) is 0.138. The van der Waals surface area contributed by atoms with Gasteiger partial charge in [-0.05, 0) is 48.5 Å². The van der Waals surface area contributed by atoms with E-state index in [1.54, 1.807) is 41.0 Å². The molecule has 11 nitrogen and oxygen atoms in total. The zero-order chi connectivity index (χ0) is 30.9. The Morgan fingerprint density at radius 1 is 0.773 bits per heavy atom. The molecule has 0 bridgehead atoms. The number of fused-ring (bicyclic) bond motifs is 2. The van der Waals surface area contributed by atoms with Crippen molar-refractivity contribution >= 4 is 58.5 Å². The smallest absolute Gasteiger partial charge is 0.456 e. The average Bonchev–Trinajstić information content (AvgIpc) is 2.94. The SMILES string of the molecule is O=S(=O)(O)c1ccc(-c2c3ccc(=[N+](CCO)CCO)cc-3oc3cc(Nc4cccc(Br)c4)ccc23)c(S(=O)(=O)O)c1.[Na+]. The average molecular weight is 714 g/mol. The molecule has 0 saturated heterocycles. The maximum absolute atomic E-state index is 12.5. The van der Waals surface area contributed by atoms with Gasteiger partial charge in [0.05, 0.1) is 11.0 Å². The van der Waals surface area contributed by atoms with Crippen LogP contribution in [0.4, 0.5) is 11.4 Å². The van der Waals surface area contributed by atoms with Crippen molar-refractivity contribution in [3.05, 3.63) is 88.7 Å². The molecule has 0 saturated carbocycles. The maximum Gasteiger partial charge on any atom is 1.00 e. The number of halogens is 1. The zero-order valence-corrected chi connectivity index (χ0v) is 28.5. The maximum atomic E-state index is 12.5. The minimum absolute atomic E-state index is 0. The van der Waals surface area contributed by atoms with Crippen LogP contribution in [0.1, 0.15) is 0 Å². The molecule has 5 rings (SSSR count). The van der Waals surface area contributed by atoms with Gasteiger partial charge in [0.25, 0.3) is 20.2 Å².